The predicted octanol–water partition coefficient (Wildman–Crippen LogP) is 1.25. The van der Waals surface area contributed by atoms with Crippen LogP contribution in [-0.4, -0.2) is 85.9 Å². The molecule has 3 fully saturated rings. The molecule has 0 aliphatic carbocycles. The zero-order valence-electron chi connectivity index (χ0n) is 17.8. The maximum absolute atomic E-state index is 13.6. The summed E-state index contributed by atoms with van der Waals surface area (Å²) in [6, 6.07) is 5.22. The first kappa shape index (κ1) is 20.5. The Hall–Kier alpha value is -2.77. The van der Waals surface area contributed by atoms with E-state index >= 15 is 0 Å². The molecule has 0 radical (unpaired) electrons. The van der Waals surface area contributed by atoms with Gasteiger partial charge < -0.3 is 24.2 Å². The van der Waals surface area contributed by atoms with Gasteiger partial charge in [-0.05, 0) is 25.0 Å². The molecule has 0 N–H and O–H groups in total. The molecular weight excluding hydrogens is 386 g/mol. The van der Waals surface area contributed by atoms with Gasteiger partial charge in [-0.1, -0.05) is 6.07 Å². The van der Waals surface area contributed by atoms with Gasteiger partial charge in [0.25, 0.3) is 5.91 Å². The van der Waals surface area contributed by atoms with Crippen LogP contribution in [0.5, 0.6) is 11.5 Å². The van der Waals surface area contributed by atoms with Crippen LogP contribution in [0.15, 0.2) is 18.2 Å². The molecule has 3 aliphatic heterocycles. The van der Waals surface area contributed by atoms with Crippen molar-refractivity contribution in [2.45, 2.75) is 19.8 Å². The number of benzene rings is 1. The minimum absolute atomic E-state index is 0.0228. The minimum Gasteiger partial charge on any atom is -0.493 e. The van der Waals surface area contributed by atoms with Crippen LogP contribution >= 0.6 is 0 Å². The molecule has 4 rings (SSSR count). The molecule has 3 amide bonds. The van der Waals surface area contributed by atoms with E-state index in [-0.39, 0.29) is 23.6 Å². The number of amides is 3. The zero-order valence-corrected chi connectivity index (χ0v) is 17.8. The first-order valence-corrected chi connectivity index (χ1v) is 10.5. The molecule has 3 saturated heterocycles. The summed E-state index contributed by atoms with van der Waals surface area (Å²) in [6.07, 6.45) is 2.01. The molecule has 3 aliphatic rings. The summed E-state index contributed by atoms with van der Waals surface area (Å²) in [4.78, 5) is 44.4. The SMILES string of the molecule is COc1cccc(C(=O)N2C[C@@H]3CN(C(C)=O)C[C@]3(C(=O)N3CCCC3)C2)c1OC. The van der Waals surface area contributed by atoms with E-state index in [2.05, 4.69) is 0 Å². The maximum Gasteiger partial charge on any atom is 0.257 e. The molecule has 0 aromatic heterocycles. The van der Waals surface area contributed by atoms with Crippen LogP contribution in [0.4, 0.5) is 0 Å². The van der Waals surface area contributed by atoms with Crippen molar-refractivity contribution in [2.75, 3.05) is 53.5 Å². The van der Waals surface area contributed by atoms with E-state index in [1.165, 1.54) is 14.2 Å². The number of carbonyl (C=O) groups excluding carboxylic acids is 3. The van der Waals surface area contributed by atoms with Crippen LogP contribution in [0.2, 0.25) is 0 Å². The van der Waals surface area contributed by atoms with Gasteiger partial charge >= 0.3 is 0 Å². The Morgan fingerprint density at radius 1 is 0.967 bits per heavy atom. The van der Waals surface area contributed by atoms with Crippen molar-refractivity contribution in [1.29, 1.82) is 0 Å². The summed E-state index contributed by atoms with van der Waals surface area (Å²) in [6.45, 7) is 4.70. The van der Waals surface area contributed by atoms with E-state index in [4.69, 9.17) is 9.47 Å². The Morgan fingerprint density at radius 2 is 1.63 bits per heavy atom. The van der Waals surface area contributed by atoms with E-state index < -0.39 is 5.41 Å². The summed E-state index contributed by atoms with van der Waals surface area (Å²) in [5.74, 6) is 0.714. The number of rotatable bonds is 4. The number of methoxy groups -OCH3 is 2. The van der Waals surface area contributed by atoms with Gasteiger partial charge in [0.05, 0.1) is 25.2 Å². The molecule has 0 bridgehead atoms. The molecule has 1 aromatic rings. The fourth-order valence-electron chi connectivity index (χ4n) is 5.22. The molecule has 2 atom stereocenters. The molecule has 30 heavy (non-hydrogen) atoms. The van der Waals surface area contributed by atoms with Crippen LogP contribution < -0.4 is 9.47 Å². The second-order valence-corrected chi connectivity index (χ2v) is 8.48. The summed E-state index contributed by atoms with van der Waals surface area (Å²) in [7, 11) is 3.04. The average molecular weight is 415 g/mol. The second kappa shape index (κ2) is 7.81. The number of para-hydroxylation sites is 1. The lowest BCUT2D eigenvalue weighted by molar-refractivity contribution is -0.141. The number of hydrogen-bond acceptors (Lipinski definition) is 5. The van der Waals surface area contributed by atoms with Crippen molar-refractivity contribution in [3.63, 3.8) is 0 Å². The molecule has 0 unspecified atom stereocenters. The molecule has 162 valence electrons. The quantitative estimate of drug-likeness (QED) is 0.740. The van der Waals surface area contributed by atoms with Crippen molar-refractivity contribution >= 4 is 17.7 Å². The van der Waals surface area contributed by atoms with E-state index in [0.717, 1.165) is 25.9 Å². The monoisotopic (exact) mass is 415 g/mol. The Bertz CT molecular complexity index is 866. The third kappa shape index (κ3) is 3.18. The highest BCUT2D eigenvalue weighted by Crippen LogP contribution is 2.45. The number of ether oxygens (including phenoxy) is 2. The van der Waals surface area contributed by atoms with E-state index in [1.54, 1.807) is 34.9 Å². The molecule has 8 heteroatoms. The van der Waals surface area contributed by atoms with Crippen LogP contribution in [0.25, 0.3) is 0 Å². The Morgan fingerprint density at radius 3 is 2.27 bits per heavy atom. The van der Waals surface area contributed by atoms with E-state index in [0.29, 0.717) is 43.2 Å². The fraction of sp³-hybridized carbons (Fsp3) is 0.591. The summed E-state index contributed by atoms with van der Waals surface area (Å²) in [5.41, 5.74) is -0.304. The van der Waals surface area contributed by atoms with Gasteiger partial charge in [-0.2, -0.15) is 0 Å². The Kier molecular flexibility index (Phi) is 5.34. The van der Waals surface area contributed by atoms with Crippen LogP contribution in [0, 0.1) is 11.3 Å². The number of fused-ring (bicyclic) bond motifs is 1. The average Bonchev–Trinajstić information content (AvgIpc) is 3.46. The van der Waals surface area contributed by atoms with Crippen molar-refractivity contribution in [3.8, 4) is 11.5 Å². The smallest absolute Gasteiger partial charge is 0.257 e. The summed E-state index contributed by atoms with van der Waals surface area (Å²) in [5, 5.41) is 0. The molecule has 0 spiro atoms. The van der Waals surface area contributed by atoms with Gasteiger partial charge in [-0.15, -0.1) is 0 Å². The lowest BCUT2D eigenvalue weighted by atomic mass is 9.79. The number of nitrogens with zero attached hydrogens (tertiary/aromatic N) is 3. The number of likely N-dealkylation sites (tertiary alicyclic amines) is 3. The van der Waals surface area contributed by atoms with Crippen molar-refractivity contribution < 1.29 is 23.9 Å². The minimum atomic E-state index is -0.724. The fourth-order valence-corrected chi connectivity index (χ4v) is 5.22. The first-order valence-electron chi connectivity index (χ1n) is 10.5. The van der Waals surface area contributed by atoms with Crippen molar-refractivity contribution in [1.82, 2.24) is 14.7 Å². The molecular formula is C22H29N3O5. The number of carbonyl (C=O) groups is 3. The summed E-state index contributed by atoms with van der Waals surface area (Å²) < 4.78 is 10.8. The van der Waals surface area contributed by atoms with E-state index in [1.807, 2.05) is 4.90 Å². The van der Waals surface area contributed by atoms with Crippen LogP contribution in [0.1, 0.15) is 30.1 Å². The first-order chi connectivity index (χ1) is 14.4. The third-order valence-electron chi connectivity index (χ3n) is 6.79. The van der Waals surface area contributed by atoms with Crippen molar-refractivity contribution in [2.24, 2.45) is 11.3 Å². The van der Waals surface area contributed by atoms with Gasteiger partial charge in [0.15, 0.2) is 11.5 Å². The lowest BCUT2D eigenvalue weighted by Gasteiger charge is -2.32. The van der Waals surface area contributed by atoms with Gasteiger partial charge in [0.2, 0.25) is 11.8 Å². The molecule has 8 nitrogen and oxygen atoms in total. The zero-order chi connectivity index (χ0) is 21.5. The molecule has 3 heterocycles. The molecule has 1 aromatic carbocycles. The largest absolute Gasteiger partial charge is 0.493 e. The maximum atomic E-state index is 13.6. The molecule has 0 saturated carbocycles. The van der Waals surface area contributed by atoms with Gasteiger partial charge in [0.1, 0.15) is 0 Å². The highest BCUT2D eigenvalue weighted by Gasteiger charge is 2.60. The highest BCUT2D eigenvalue weighted by atomic mass is 16.5. The highest BCUT2D eigenvalue weighted by molar-refractivity contribution is 5.99. The van der Waals surface area contributed by atoms with Crippen LogP contribution in [0.3, 0.4) is 0 Å². The van der Waals surface area contributed by atoms with E-state index in [9.17, 15) is 14.4 Å². The second-order valence-electron chi connectivity index (χ2n) is 8.48. The topological polar surface area (TPSA) is 79.4 Å². The van der Waals surface area contributed by atoms with Gasteiger partial charge in [-0.25, -0.2) is 0 Å². The van der Waals surface area contributed by atoms with Crippen molar-refractivity contribution in [3.05, 3.63) is 23.8 Å². The van der Waals surface area contributed by atoms with Gasteiger partial charge in [-0.3, -0.25) is 14.4 Å². The summed E-state index contributed by atoms with van der Waals surface area (Å²) >= 11 is 0. The normalized spacial score (nSPS) is 25.4. The van der Waals surface area contributed by atoms with Gasteiger partial charge in [0, 0.05) is 52.1 Å². The Labute approximate surface area is 176 Å². The third-order valence-corrected chi connectivity index (χ3v) is 6.79. The Balaban J connectivity index is 1.63. The van der Waals surface area contributed by atoms with Crippen LogP contribution in [-0.2, 0) is 9.59 Å². The predicted molar refractivity (Wildman–Crippen MR) is 109 cm³/mol. The standard InChI is InChI=1S/C22H29N3O5/c1-15(26)24-11-16-12-25(14-22(16,13-24)21(28)23-9-4-5-10-23)20(27)17-7-6-8-18(29-2)19(17)30-3/h6-8,16H,4-5,9-14H2,1-3H3/t16-,22-/m0/s1. The number of hydrogen-bond donors (Lipinski definition) is 0. The lowest BCUT2D eigenvalue weighted by Crippen LogP contribution is -2.49.